The number of hydrogen-bond donors (Lipinski definition) is 1. The van der Waals surface area contributed by atoms with Gasteiger partial charge >= 0.3 is 0 Å². The Morgan fingerprint density at radius 1 is 1.50 bits per heavy atom. The number of carbonyl (C=O) groups excluding carboxylic acids is 1. The Balaban J connectivity index is 1.68. The van der Waals surface area contributed by atoms with Gasteiger partial charge in [-0.05, 0) is 38.3 Å². The first-order valence-corrected chi connectivity index (χ1v) is 8.56. The van der Waals surface area contributed by atoms with Gasteiger partial charge in [0.05, 0.1) is 12.1 Å². The molecular formula is C16H21N3O2S. The van der Waals surface area contributed by atoms with Crippen molar-refractivity contribution in [2.24, 2.45) is 5.73 Å². The zero-order valence-corrected chi connectivity index (χ0v) is 13.6. The van der Waals surface area contributed by atoms with E-state index in [1.165, 1.54) is 11.3 Å². The Morgan fingerprint density at radius 3 is 3.09 bits per heavy atom. The number of rotatable bonds is 4. The molecule has 1 atom stereocenters. The summed E-state index contributed by atoms with van der Waals surface area (Å²) >= 11 is 1.51. The van der Waals surface area contributed by atoms with Crippen LogP contribution in [-0.2, 0) is 11.2 Å². The number of aromatic nitrogens is 1. The normalized spacial score (nSPS) is 18.6. The highest BCUT2D eigenvalue weighted by molar-refractivity contribution is 7.13. The second-order valence-corrected chi connectivity index (χ2v) is 6.56. The first-order valence-electron chi connectivity index (χ1n) is 7.68. The number of furan rings is 1. The van der Waals surface area contributed by atoms with Crippen molar-refractivity contribution >= 4 is 17.2 Å². The number of nitrogens with zero attached hydrogens (tertiary/aromatic N) is 2. The van der Waals surface area contributed by atoms with E-state index in [9.17, 15) is 4.79 Å². The van der Waals surface area contributed by atoms with Crippen LogP contribution in [0.15, 0.2) is 21.9 Å². The molecule has 1 saturated heterocycles. The van der Waals surface area contributed by atoms with Gasteiger partial charge in [-0.3, -0.25) is 4.79 Å². The molecule has 3 heterocycles. The zero-order valence-electron chi connectivity index (χ0n) is 12.7. The van der Waals surface area contributed by atoms with E-state index in [-0.39, 0.29) is 11.9 Å². The van der Waals surface area contributed by atoms with E-state index in [1.54, 1.807) is 0 Å². The van der Waals surface area contributed by atoms with Gasteiger partial charge in [0.25, 0.3) is 0 Å². The number of thiazole rings is 1. The summed E-state index contributed by atoms with van der Waals surface area (Å²) in [5.41, 5.74) is 6.59. The van der Waals surface area contributed by atoms with Crippen LogP contribution in [0.5, 0.6) is 0 Å². The Hall–Kier alpha value is -1.66. The fourth-order valence-corrected chi connectivity index (χ4v) is 3.66. The number of hydrogen-bond acceptors (Lipinski definition) is 5. The zero-order chi connectivity index (χ0) is 15.5. The van der Waals surface area contributed by atoms with E-state index in [4.69, 9.17) is 10.2 Å². The molecule has 1 aliphatic rings. The molecule has 0 radical (unpaired) electrons. The van der Waals surface area contributed by atoms with Crippen LogP contribution in [0.2, 0.25) is 0 Å². The maximum atomic E-state index is 12.5. The highest BCUT2D eigenvalue weighted by Crippen LogP contribution is 2.26. The van der Waals surface area contributed by atoms with Gasteiger partial charge in [0, 0.05) is 24.5 Å². The minimum Gasteiger partial charge on any atom is -0.459 e. The van der Waals surface area contributed by atoms with Crippen LogP contribution in [0.4, 0.5) is 0 Å². The van der Waals surface area contributed by atoms with Crippen molar-refractivity contribution in [3.05, 3.63) is 29.0 Å². The Bertz CT molecular complexity index is 649. The third kappa shape index (κ3) is 3.23. The molecule has 2 aromatic heterocycles. The third-order valence-electron chi connectivity index (χ3n) is 4.05. The Labute approximate surface area is 134 Å². The quantitative estimate of drug-likeness (QED) is 0.940. The lowest BCUT2D eigenvalue weighted by Crippen LogP contribution is -2.48. The number of nitrogens with two attached hydrogens (primary N) is 1. The van der Waals surface area contributed by atoms with Gasteiger partial charge in [-0.2, -0.15) is 0 Å². The first-order chi connectivity index (χ1) is 10.7. The van der Waals surface area contributed by atoms with E-state index in [0.717, 1.165) is 48.0 Å². The van der Waals surface area contributed by atoms with Gasteiger partial charge < -0.3 is 15.1 Å². The van der Waals surface area contributed by atoms with Crippen molar-refractivity contribution in [1.82, 2.24) is 9.88 Å². The van der Waals surface area contributed by atoms with Crippen molar-refractivity contribution in [2.75, 3.05) is 13.1 Å². The average Bonchev–Trinajstić information content (AvgIpc) is 3.16. The minimum absolute atomic E-state index is 0.127. The molecule has 2 aromatic rings. The molecular weight excluding hydrogens is 298 g/mol. The predicted octanol–water partition coefficient (Wildman–Crippen LogP) is 2.59. The highest BCUT2D eigenvalue weighted by atomic mass is 32.1. The number of piperidine rings is 1. The molecule has 0 saturated carbocycles. The lowest BCUT2D eigenvalue weighted by molar-refractivity contribution is -0.133. The molecule has 1 fully saturated rings. The van der Waals surface area contributed by atoms with Crippen LogP contribution in [0.1, 0.15) is 30.7 Å². The highest BCUT2D eigenvalue weighted by Gasteiger charge is 2.26. The molecule has 1 unspecified atom stereocenters. The molecule has 1 amide bonds. The molecule has 6 heteroatoms. The largest absolute Gasteiger partial charge is 0.459 e. The van der Waals surface area contributed by atoms with Gasteiger partial charge in [-0.1, -0.05) is 0 Å². The lowest BCUT2D eigenvalue weighted by atomic mass is 10.0. The van der Waals surface area contributed by atoms with Crippen molar-refractivity contribution in [2.45, 2.75) is 38.6 Å². The summed E-state index contributed by atoms with van der Waals surface area (Å²) in [7, 11) is 0. The van der Waals surface area contributed by atoms with Crippen molar-refractivity contribution in [3.8, 4) is 10.8 Å². The maximum Gasteiger partial charge on any atom is 0.228 e. The van der Waals surface area contributed by atoms with Crippen LogP contribution < -0.4 is 5.73 Å². The molecule has 2 N–H and O–H groups in total. The standard InChI is InChI=1S/C16H21N3O2S/c1-11-5-6-14(21-11)16-18-12(10-22-16)8-15(20)19-7-3-2-4-13(19)9-17/h5-6,10,13H,2-4,7-9,17H2,1H3. The molecule has 3 rings (SSSR count). The van der Waals surface area contributed by atoms with Gasteiger partial charge in [0.15, 0.2) is 10.8 Å². The van der Waals surface area contributed by atoms with E-state index < -0.39 is 0 Å². The van der Waals surface area contributed by atoms with Gasteiger partial charge in [0.2, 0.25) is 5.91 Å². The van der Waals surface area contributed by atoms with Crippen molar-refractivity contribution < 1.29 is 9.21 Å². The van der Waals surface area contributed by atoms with Crippen molar-refractivity contribution in [3.63, 3.8) is 0 Å². The summed E-state index contributed by atoms with van der Waals surface area (Å²) < 4.78 is 5.57. The van der Waals surface area contributed by atoms with Crippen LogP contribution in [0, 0.1) is 6.92 Å². The smallest absolute Gasteiger partial charge is 0.228 e. The second kappa shape index (κ2) is 6.62. The first kappa shape index (κ1) is 15.2. The van der Waals surface area contributed by atoms with Crippen molar-refractivity contribution in [1.29, 1.82) is 0 Å². The Morgan fingerprint density at radius 2 is 2.36 bits per heavy atom. The summed E-state index contributed by atoms with van der Waals surface area (Å²) in [6.45, 7) is 3.26. The monoisotopic (exact) mass is 319 g/mol. The van der Waals surface area contributed by atoms with E-state index in [1.807, 2.05) is 29.3 Å². The fourth-order valence-electron chi connectivity index (χ4n) is 2.88. The summed E-state index contributed by atoms with van der Waals surface area (Å²) in [5, 5.41) is 2.76. The van der Waals surface area contributed by atoms with Crippen LogP contribution in [0.25, 0.3) is 10.8 Å². The molecule has 5 nitrogen and oxygen atoms in total. The maximum absolute atomic E-state index is 12.5. The molecule has 0 aliphatic carbocycles. The van der Waals surface area contributed by atoms with E-state index in [0.29, 0.717) is 13.0 Å². The van der Waals surface area contributed by atoms with Gasteiger partial charge in [-0.25, -0.2) is 4.98 Å². The number of carbonyl (C=O) groups is 1. The van der Waals surface area contributed by atoms with Crippen LogP contribution in [-0.4, -0.2) is 34.9 Å². The van der Waals surface area contributed by atoms with E-state index in [2.05, 4.69) is 4.98 Å². The average molecular weight is 319 g/mol. The Kier molecular flexibility index (Phi) is 4.59. The summed E-state index contributed by atoms with van der Waals surface area (Å²) in [6, 6.07) is 4.02. The molecule has 0 bridgehead atoms. The molecule has 118 valence electrons. The number of aryl methyl sites for hydroxylation is 1. The number of likely N-dealkylation sites (tertiary alicyclic amines) is 1. The molecule has 22 heavy (non-hydrogen) atoms. The molecule has 1 aliphatic heterocycles. The SMILES string of the molecule is Cc1ccc(-c2nc(CC(=O)N3CCCCC3CN)cs2)o1. The van der Waals surface area contributed by atoms with E-state index >= 15 is 0 Å². The summed E-state index contributed by atoms with van der Waals surface area (Å²) in [5.74, 6) is 1.75. The lowest BCUT2D eigenvalue weighted by Gasteiger charge is -2.35. The van der Waals surface area contributed by atoms with Crippen LogP contribution >= 0.6 is 11.3 Å². The summed E-state index contributed by atoms with van der Waals surface area (Å²) in [4.78, 5) is 19.0. The fraction of sp³-hybridized carbons (Fsp3) is 0.500. The molecule has 0 aromatic carbocycles. The minimum atomic E-state index is 0.127. The predicted molar refractivity (Wildman–Crippen MR) is 86.7 cm³/mol. The van der Waals surface area contributed by atoms with Gasteiger partial charge in [-0.15, -0.1) is 11.3 Å². The molecule has 0 spiro atoms. The van der Waals surface area contributed by atoms with Gasteiger partial charge in [0.1, 0.15) is 5.76 Å². The van der Waals surface area contributed by atoms with Crippen LogP contribution in [0.3, 0.4) is 0 Å². The number of amides is 1. The topological polar surface area (TPSA) is 72.4 Å². The second-order valence-electron chi connectivity index (χ2n) is 5.70. The summed E-state index contributed by atoms with van der Waals surface area (Å²) in [6.07, 6.45) is 3.57. The third-order valence-corrected chi connectivity index (χ3v) is 4.96.